The highest BCUT2D eigenvalue weighted by Crippen LogP contribution is 2.45. The maximum Gasteiger partial charge on any atom is 0.176 e. The first-order valence-corrected chi connectivity index (χ1v) is 28.8. The number of aliphatic hydroxyl groups excluding tert-OH is 2. The van der Waals surface area contributed by atoms with Crippen LogP contribution in [0, 0.1) is 0 Å². The van der Waals surface area contributed by atoms with Gasteiger partial charge >= 0.3 is 0 Å². The average molecular weight is 1280 g/mol. The summed E-state index contributed by atoms with van der Waals surface area (Å²) in [6.07, 6.45) is 4.89. The monoisotopic (exact) mass is 1270 g/mol. The van der Waals surface area contributed by atoms with Gasteiger partial charge in [-0.1, -0.05) is 116 Å². The molecular weight excluding hydrogens is 1230 g/mol. The lowest BCUT2D eigenvalue weighted by Gasteiger charge is -2.26. The largest absolute Gasteiger partial charge is 0.488 e. The highest BCUT2D eigenvalue weighted by Gasteiger charge is 2.31. The summed E-state index contributed by atoms with van der Waals surface area (Å²) in [6.45, 7) is 1.34. The van der Waals surface area contributed by atoms with Crippen molar-refractivity contribution in [2.75, 3.05) is 16.0 Å². The lowest BCUT2D eigenvalue weighted by atomic mass is 9.85. The number of halogens is 5. The molecule has 2 N–H and O–H groups in total. The Hall–Kier alpha value is -4.28. The molecule has 0 aromatic heterocycles. The maximum absolute atomic E-state index is 12.4. The Morgan fingerprint density at radius 3 is 1.37 bits per heavy atom. The van der Waals surface area contributed by atoms with Gasteiger partial charge in [0.1, 0.15) is 37.1 Å². The van der Waals surface area contributed by atoms with E-state index in [0.717, 1.165) is 150 Å². The van der Waals surface area contributed by atoms with E-state index < -0.39 is 12.2 Å². The first-order chi connectivity index (χ1) is 34.3. The summed E-state index contributed by atoms with van der Waals surface area (Å²) in [6, 6.07) is 29.7. The number of hydrogen-bond acceptors (Lipinski definition) is 9. The maximum atomic E-state index is 12.4. The summed E-state index contributed by atoms with van der Waals surface area (Å²) in [7, 11) is 0. The summed E-state index contributed by atoms with van der Waals surface area (Å²) >= 11 is 16.7. The first-order valence-electron chi connectivity index (χ1n) is 23.6. The van der Waals surface area contributed by atoms with Gasteiger partial charge in [0.05, 0.1) is 27.2 Å². The molecule has 364 valence electrons. The number of ether oxygens (including phenoxy) is 3. The zero-order chi connectivity index (χ0) is 49.7. The van der Waals surface area contributed by atoms with Crippen LogP contribution < -0.4 is 14.2 Å². The summed E-state index contributed by atoms with van der Waals surface area (Å²) in [5.41, 5.74) is 17.7. The number of alkyl halides is 5. The van der Waals surface area contributed by atoms with Gasteiger partial charge < -0.3 is 24.4 Å². The van der Waals surface area contributed by atoms with E-state index in [4.69, 9.17) is 14.2 Å². The lowest BCUT2D eigenvalue weighted by molar-refractivity contribution is 0.0966. The molecule has 12 rings (SSSR count). The molecule has 0 radical (unpaired) electrons. The van der Waals surface area contributed by atoms with Gasteiger partial charge in [0, 0.05) is 56.0 Å². The van der Waals surface area contributed by atoms with Crippen molar-refractivity contribution in [2.24, 2.45) is 0 Å². The van der Waals surface area contributed by atoms with Crippen LogP contribution in [0.15, 0.2) is 91.0 Å². The van der Waals surface area contributed by atoms with Crippen molar-refractivity contribution in [2.45, 2.75) is 86.6 Å². The Morgan fingerprint density at radius 1 is 0.493 bits per heavy atom. The number of ketones is 4. The average Bonchev–Trinajstić information content (AvgIpc) is 3.40. The second-order valence-electron chi connectivity index (χ2n) is 18.5. The third-order valence-corrected chi connectivity index (χ3v) is 17.6. The van der Waals surface area contributed by atoms with Crippen LogP contribution in [-0.2, 0) is 39.1 Å². The Kier molecular flexibility index (Phi) is 15.1. The molecule has 3 heterocycles. The highest BCUT2D eigenvalue weighted by molar-refractivity contribution is 9.10. The fourth-order valence-corrected chi connectivity index (χ4v) is 12.2. The number of aliphatic hydroxyl groups is 2. The minimum atomic E-state index is -0.520. The molecule has 0 amide bonds. The molecule has 4 atom stereocenters. The van der Waals surface area contributed by atoms with Gasteiger partial charge in [-0.15, -0.1) is 0 Å². The van der Waals surface area contributed by atoms with Crippen LogP contribution in [0.2, 0.25) is 0 Å². The van der Waals surface area contributed by atoms with Crippen LogP contribution in [0.4, 0.5) is 0 Å². The molecule has 0 bridgehead atoms. The molecule has 4 unspecified atom stereocenters. The molecule has 9 nitrogen and oxygen atoms in total. The summed E-state index contributed by atoms with van der Waals surface area (Å²) in [5.74, 6) is 2.86. The number of aryl methyl sites for hydroxylation is 3. The van der Waals surface area contributed by atoms with E-state index in [1.165, 1.54) is 0 Å². The molecule has 0 fully saturated rings. The van der Waals surface area contributed by atoms with Gasteiger partial charge in [-0.05, 0) is 154 Å². The predicted octanol–water partition coefficient (Wildman–Crippen LogP) is 13.5. The third kappa shape index (κ3) is 9.96. The number of Topliss-reactive ketones (excluding diaryl/α,β-unsaturated/α-hetero) is 4. The second kappa shape index (κ2) is 21.3. The van der Waals surface area contributed by atoms with Crippen LogP contribution in [-0.4, -0.2) is 59.0 Å². The second-order valence-corrected chi connectivity index (χ2v) is 22.6. The van der Waals surface area contributed by atoms with Crippen LogP contribution in [0.1, 0.15) is 124 Å². The minimum absolute atomic E-state index is 0.0583. The number of rotatable bonds is 6. The lowest BCUT2D eigenvalue weighted by Crippen LogP contribution is -2.23. The molecule has 6 aromatic carbocycles. The number of hydrogen-bond donors (Lipinski definition) is 2. The number of carbonyl (C=O) groups is 4. The van der Waals surface area contributed by atoms with Gasteiger partial charge in [0.15, 0.2) is 23.1 Å². The van der Waals surface area contributed by atoms with E-state index in [1.807, 2.05) is 66.7 Å². The highest BCUT2D eigenvalue weighted by atomic mass is 79.9. The number of benzene rings is 6. The van der Waals surface area contributed by atoms with Crippen molar-refractivity contribution in [3.63, 3.8) is 0 Å². The quantitative estimate of drug-likeness (QED) is 0.123. The van der Waals surface area contributed by atoms with E-state index in [0.29, 0.717) is 47.8 Å². The van der Waals surface area contributed by atoms with Crippen LogP contribution in [0.5, 0.6) is 17.2 Å². The van der Waals surface area contributed by atoms with Gasteiger partial charge in [0.2, 0.25) is 0 Å². The molecular formula is C57H47Br5O9. The summed E-state index contributed by atoms with van der Waals surface area (Å²) in [5, 5.41) is 21.3. The van der Waals surface area contributed by atoms with Crippen molar-refractivity contribution >= 4 is 103 Å². The van der Waals surface area contributed by atoms with Gasteiger partial charge in [-0.25, -0.2) is 0 Å². The van der Waals surface area contributed by atoms with Crippen molar-refractivity contribution in [3.8, 4) is 50.6 Å². The number of fused-ring (bicyclic) bond motifs is 12. The fraction of sp³-hybridized carbons (Fsp3) is 0.298. The van der Waals surface area contributed by atoms with Crippen molar-refractivity contribution in [3.05, 3.63) is 158 Å². The van der Waals surface area contributed by atoms with Crippen LogP contribution in [0.25, 0.3) is 33.4 Å². The van der Waals surface area contributed by atoms with Crippen molar-refractivity contribution in [1.82, 2.24) is 0 Å². The van der Waals surface area contributed by atoms with E-state index in [2.05, 4.69) is 104 Å². The van der Waals surface area contributed by atoms with Crippen molar-refractivity contribution < 1.29 is 43.6 Å². The van der Waals surface area contributed by atoms with Gasteiger partial charge in [-0.2, -0.15) is 0 Å². The summed E-state index contributed by atoms with van der Waals surface area (Å²) in [4.78, 5) is 48.5. The zero-order valence-corrected chi connectivity index (χ0v) is 46.2. The SMILES string of the molecule is O=C(CBr)c1ccc2c(c1)COc1cc3c(cc1-2)CCC(Br)C3=O.O=C1CCCc2cc3c(cc21)OCc1cc(C(O)CBr)ccc1-3.O=C1c2cc3c(cc2CCC1Br)-c1ccc(C(O)CBr)cc1CO3. The smallest absolute Gasteiger partial charge is 0.176 e. The molecule has 6 aliphatic rings. The minimum Gasteiger partial charge on any atom is -0.488 e. The molecule has 0 saturated carbocycles. The van der Waals surface area contributed by atoms with E-state index >= 15 is 0 Å². The van der Waals surface area contributed by atoms with Crippen LogP contribution >= 0.6 is 79.6 Å². The normalized spacial score (nSPS) is 18.3. The Morgan fingerprint density at radius 2 is 0.915 bits per heavy atom. The molecule has 71 heavy (non-hydrogen) atoms. The summed E-state index contributed by atoms with van der Waals surface area (Å²) < 4.78 is 17.7. The van der Waals surface area contributed by atoms with Crippen LogP contribution in [0.3, 0.4) is 0 Å². The van der Waals surface area contributed by atoms with E-state index in [-0.39, 0.29) is 32.8 Å². The van der Waals surface area contributed by atoms with Gasteiger partial charge in [0.25, 0.3) is 0 Å². The molecule has 3 aliphatic heterocycles. The Labute approximate surface area is 453 Å². The zero-order valence-electron chi connectivity index (χ0n) is 38.3. The first kappa shape index (κ1) is 50.3. The van der Waals surface area contributed by atoms with E-state index in [9.17, 15) is 29.4 Å². The molecule has 0 spiro atoms. The van der Waals surface area contributed by atoms with Crippen molar-refractivity contribution in [1.29, 1.82) is 0 Å². The molecule has 6 aromatic rings. The fourth-order valence-electron chi connectivity index (χ4n) is 10.2. The third-order valence-electron chi connectivity index (χ3n) is 14.1. The standard InChI is InChI=1S/C19H16Br2O3.C19H14Br2O3.C19H17BrO3/c2*20-8-17(22)11-1-3-13-12(5-11)9-24-18-7-14-10(6-15(13)18)2-4-16(21)19(14)23;20-9-18(22)12-4-5-14-13(6-12)10-23-19-8-15-11(7-16(14)19)2-1-3-17(15)21/h1,3,5-7,16-17,22H,2,4,8-9H2;1,3,5-7,16H,2,4,8-9H2;4-8,18,22H,1-3,9-10H2. The topological polar surface area (TPSA) is 136 Å². The Balaban J connectivity index is 0.000000123. The van der Waals surface area contributed by atoms with Gasteiger partial charge in [-0.3, -0.25) is 19.2 Å². The molecule has 0 saturated heterocycles. The Bertz CT molecular complexity index is 3170. The predicted molar refractivity (Wildman–Crippen MR) is 292 cm³/mol. The molecule has 3 aliphatic carbocycles. The number of carbonyl (C=O) groups excluding carboxylic acids is 4. The van der Waals surface area contributed by atoms with E-state index in [1.54, 1.807) is 0 Å². The molecule has 14 heteroatoms.